The molecule has 0 N–H and O–H groups in total. The Morgan fingerprint density at radius 1 is 1.16 bits per heavy atom. The molecule has 1 amide bonds. The second-order valence-electron chi connectivity index (χ2n) is 7.06. The standard InChI is InChI=1S/C20H30N2O3/c1-3-13-25-19-14-16(5-8-18(19)24-2)15-21-9-4-10-22(12-11-21)20(23)17-6-7-17/h5,8,14,17H,3-4,6-7,9-13,15H2,1-2H3. The molecule has 1 aromatic carbocycles. The van der Waals surface area contributed by atoms with Crippen LogP contribution in [0.25, 0.3) is 0 Å². The molecule has 0 atom stereocenters. The van der Waals surface area contributed by atoms with Gasteiger partial charge in [-0.2, -0.15) is 0 Å². The molecular weight excluding hydrogens is 316 g/mol. The zero-order valence-corrected chi connectivity index (χ0v) is 15.5. The van der Waals surface area contributed by atoms with Crippen molar-refractivity contribution in [2.45, 2.75) is 39.2 Å². The van der Waals surface area contributed by atoms with Crippen LogP contribution in [0.1, 0.15) is 38.2 Å². The van der Waals surface area contributed by atoms with Crippen molar-refractivity contribution in [2.75, 3.05) is 39.9 Å². The average molecular weight is 346 g/mol. The molecule has 1 aliphatic carbocycles. The molecule has 0 bridgehead atoms. The van der Waals surface area contributed by atoms with Gasteiger partial charge in [-0.1, -0.05) is 13.0 Å². The fourth-order valence-corrected chi connectivity index (χ4v) is 3.34. The predicted molar refractivity (Wildman–Crippen MR) is 98.0 cm³/mol. The largest absolute Gasteiger partial charge is 0.493 e. The Labute approximate surface area is 150 Å². The van der Waals surface area contributed by atoms with Crippen molar-refractivity contribution in [1.82, 2.24) is 9.80 Å². The van der Waals surface area contributed by atoms with Crippen LogP contribution in [-0.4, -0.2) is 55.6 Å². The van der Waals surface area contributed by atoms with Gasteiger partial charge >= 0.3 is 0 Å². The maximum atomic E-state index is 12.3. The Hall–Kier alpha value is -1.75. The van der Waals surface area contributed by atoms with Crippen molar-refractivity contribution in [1.29, 1.82) is 0 Å². The molecule has 0 unspecified atom stereocenters. The van der Waals surface area contributed by atoms with Crippen molar-refractivity contribution < 1.29 is 14.3 Å². The van der Waals surface area contributed by atoms with E-state index in [1.165, 1.54) is 5.56 Å². The van der Waals surface area contributed by atoms with Crippen molar-refractivity contribution in [3.8, 4) is 11.5 Å². The quantitative estimate of drug-likeness (QED) is 0.761. The summed E-state index contributed by atoms with van der Waals surface area (Å²) in [5.74, 6) is 2.31. The third-order valence-electron chi connectivity index (χ3n) is 4.92. The maximum Gasteiger partial charge on any atom is 0.225 e. The van der Waals surface area contributed by atoms with Crippen LogP contribution in [0, 0.1) is 5.92 Å². The molecule has 25 heavy (non-hydrogen) atoms. The third-order valence-corrected chi connectivity index (χ3v) is 4.92. The third kappa shape index (κ3) is 4.88. The Balaban J connectivity index is 1.58. The van der Waals surface area contributed by atoms with Crippen LogP contribution in [0.5, 0.6) is 11.5 Å². The van der Waals surface area contributed by atoms with Gasteiger partial charge < -0.3 is 14.4 Å². The van der Waals surface area contributed by atoms with Gasteiger partial charge in [-0.25, -0.2) is 0 Å². The van der Waals surface area contributed by atoms with Gasteiger partial charge in [0.1, 0.15) is 0 Å². The van der Waals surface area contributed by atoms with E-state index in [1.807, 2.05) is 6.07 Å². The molecule has 1 saturated carbocycles. The second kappa shape index (κ2) is 8.56. The number of carbonyl (C=O) groups is 1. The molecule has 2 fully saturated rings. The van der Waals surface area contributed by atoms with Gasteiger partial charge in [0, 0.05) is 38.6 Å². The molecule has 3 rings (SSSR count). The van der Waals surface area contributed by atoms with Gasteiger partial charge in [0.05, 0.1) is 13.7 Å². The zero-order chi connectivity index (χ0) is 17.6. The highest BCUT2D eigenvalue weighted by molar-refractivity contribution is 5.81. The molecule has 5 nitrogen and oxygen atoms in total. The minimum absolute atomic E-state index is 0.325. The van der Waals surface area contributed by atoms with E-state index in [1.54, 1.807) is 7.11 Å². The summed E-state index contributed by atoms with van der Waals surface area (Å²) in [5, 5.41) is 0. The first-order valence-corrected chi connectivity index (χ1v) is 9.52. The maximum absolute atomic E-state index is 12.3. The lowest BCUT2D eigenvalue weighted by molar-refractivity contribution is -0.132. The van der Waals surface area contributed by atoms with E-state index in [0.717, 1.165) is 69.9 Å². The van der Waals surface area contributed by atoms with Crippen LogP contribution in [0.2, 0.25) is 0 Å². The SMILES string of the molecule is CCCOc1cc(CN2CCCN(C(=O)C3CC3)CC2)ccc1OC. The molecular formula is C20H30N2O3. The number of amides is 1. The number of nitrogens with zero attached hydrogens (tertiary/aromatic N) is 2. The van der Waals surface area contributed by atoms with E-state index < -0.39 is 0 Å². The van der Waals surface area contributed by atoms with Crippen LogP contribution in [0.4, 0.5) is 0 Å². The number of benzene rings is 1. The van der Waals surface area contributed by atoms with E-state index in [-0.39, 0.29) is 0 Å². The van der Waals surface area contributed by atoms with Gasteiger partial charge in [-0.15, -0.1) is 0 Å². The normalized spacial score (nSPS) is 18.7. The summed E-state index contributed by atoms with van der Waals surface area (Å²) in [6.07, 6.45) is 4.20. The van der Waals surface area contributed by atoms with E-state index >= 15 is 0 Å². The van der Waals surface area contributed by atoms with Crippen molar-refractivity contribution in [3.05, 3.63) is 23.8 Å². The summed E-state index contributed by atoms with van der Waals surface area (Å²) in [6.45, 7) is 7.41. The smallest absolute Gasteiger partial charge is 0.225 e. The van der Waals surface area contributed by atoms with Crippen LogP contribution >= 0.6 is 0 Å². The summed E-state index contributed by atoms with van der Waals surface area (Å²) < 4.78 is 11.2. The number of methoxy groups -OCH3 is 1. The Morgan fingerprint density at radius 2 is 2.00 bits per heavy atom. The van der Waals surface area contributed by atoms with Crippen molar-refractivity contribution in [2.24, 2.45) is 5.92 Å². The topological polar surface area (TPSA) is 42.0 Å². The van der Waals surface area contributed by atoms with Gasteiger partial charge in [-0.3, -0.25) is 9.69 Å². The lowest BCUT2D eigenvalue weighted by atomic mass is 10.2. The summed E-state index contributed by atoms with van der Waals surface area (Å²) >= 11 is 0. The van der Waals surface area contributed by atoms with Crippen LogP contribution in [-0.2, 0) is 11.3 Å². The first-order chi connectivity index (χ1) is 12.2. The first kappa shape index (κ1) is 18.1. The minimum Gasteiger partial charge on any atom is -0.493 e. The van der Waals surface area contributed by atoms with E-state index in [9.17, 15) is 4.79 Å². The molecule has 2 aliphatic rings. The molecule has 0 radical (unpaired) electrons. The number of carbonyl (C=O) groups excluding carboxylic acids is 1. The number of ether oxygens (including phenoxy) is 2. The van der Waals surface area contributed by atoms with E-state index in [2.05, 4.69) is 28.9 Å². The van der Waals surface area contributed by atoms with E-state index in [0.29, 0.717) is 18.4 Å². The van der Waals surface area contributed by atoms with Gasteiger partial charge in [0.25, 0.3) is 0 Å². The van der Waals surface area contributed by atoms with Crippen LogP contribution < -0.4 is 9.47 Å². The molecule has 5 heteroatoms. The summed E-state index contributed by atoms with van der Waals surface area (Å²) in [7, 11) is 1.67. The molecule has 0 aromatic heterocycles. The van der Waals surface area contributed by atoms with Crippen LogP contribution in [0.15, 0.2) is 18.2 Å². The second-order valence-corrected chi connectivity index (χ2v) is 7.06. The van der Waals surface area contributed by atoms with Crippen LogP contribution in [0.3, 0.4) is 0 Å². The van der Waals surface area contributed by atoms with E-state index in [4.69, 9.17) is 9.47 Å². The molecule has 1 saturated heterocycles. The summed E-state index contributed by atoms with van der Waals surface area (Å²) in [6, 6.07) is 6.18. The molecule has 0 spiro atoms. The lowest BCUT2D eigenvalue weighted by Gasteiger charge is -2.22. The zero-order valence-electron chi connectivity index (χ0n) is 15.5. The molecule has 1 aliphatic heterocycles. The monoisotopic (exact) mass is 346 g/mol. The molecule has 138 valence electrons. The number of hydrogen-bond acceptors (Lipinski definition) is 4. The van der Waals surface area contributed by atoms with Gasteiger partial charge in [0.2, 0.25) is 5.91 Å². The minimum atomic E-state index is 0.325. The average Bonchev–Trinajstić information content (AvgIpc) is 3.47. The fraction of sp³-hybridized carbons (Fsp3) is 0.650. The van der Waals surface area contributed by atoms with Crippen molar-refractivity contribution >= 4 is 5.91 Å². The predicted octanol–water partition coefficient (Wildman–Crippen LogP) is 2.93. The Morgan fingerprint density at radius 3 is 2.72 bits per heavy atom. The van der Waals surface area contributed by atoms with Gasteiger partial charge in [0.15, 0.2) is 11.5 Å². The fourth-order valence-electron chi connectivity index (χ4n) is 3.34. The summed E-state index contributed by atoms with van der Waals surface area (Å²) in [4.78, 5) is 16.8. The van der Waals surface area contributed by atoms with Gasteiger partial charge in [-0.05, 0) is 43.4 Å². The highest BCUT2D eigenvalue weighted by atomic mass is 16.5. The highest BCUT2D eigenvalue weighted by Gasteiger charge is 2.33. The number of rotatable bonds is 7. The highest BCUT2D eigenvalue weighted by Crippen LogP contribution is 2.31. The number of hydrogen-bond donors (Lipinski definition) is 0. The first-order valence-electron chi connectivity index (χ1n) is 9.52. The lowest BCUT2D eigenvalue weighted by Crippen LogP contribution is -2.36. The molecule has 1 aromatic rings. The Kier molecular flexibility index (Phi) is 6.19. The molecule has 1 heterocycles. The summed E-state index contributed by atoms with van der Waals surface area (Å²) in [5.41, 5.74) is 1.23. The Bertz CT molecular complexity index is 586. The van der Waals surface area contributed by atoms with Crippen molar-refractivity contribution in [3.63, 3.8) is 0 Å².